The molecule has 4 heterocycles. The Hall–Kier alpha value is -2.58. The lowest BCUT2D eigenvalue weighted by Gasteiger charge is -2.34. The Balaban J connectivity index is 1.16. The third kappa shape index (κ3) is 5.50. The minimum Gasteiger partial charge on any atom is -0.297 e. The van der Waals surface area contributed by atoms with Gasteiger partial charge in [-0.3, -0.25) is 14.6 Å². The van der Waals surface area contributed by atoms with Crippen LogP contribution in [-0.4, -0.2) is 65.7 Å². The number of benzene rings is 1. The van der Waals surface area contributed by atoms with Crippen LogP contribution in [0.2, 0.25) is 0 Å². The lowest BCUT2D eigenvalue weighted by molar-refractivity contribution is -0.134. The van der Waals surface area contributed by atoms with Crippen molar-refractivity contribution in [2.24, 2.45) is 5.10 Å². The molecule has 3 aromatic rings. The molecule has 7 heteroatoms. The fourth-order valence-electron chi connectivity index (χ4n) is 4.33. The molecule has 1 unspecified atom stereocenters. The SMILES string of the molecule is O=C(CN1CCN(C/C=C/c2ccccc2)CC1)N1N=C(c2cccs2)CC1c1cccs1. The van der Waals surface area contributed by atoms with Crippen molar-refractivity contribution in [1.82, 2.24) is 14.8 Å². The summed E-state index contributed by atoms with van der Waals surface area (Å²) in [7, 11) is 0. The Kier molecular flexibility index (Phi) is 7.12. The minimum atomic E-state index is 0.0130. The van der Waals surface area contributed by atoms with Gasteiger partial charge in [-0.1, -0.05) is 54.6 Å². The van der Waals surface area contributed by atoms with Gasteiger partial charge in [-0.2, -0.15) is 5.10 Å². The Morgan fingerprint density at radius 2 is 1.70 bits per heavy atom. The van der Waals surface area contributed by atoms with E-state index in [0.29, 0.717) is 6.54 Å². The van der Waals surface area contributed by atoms with E-state index in [9.17, 15) is 4.79 Å². The first-order valence-corrected chi connectivity index (χ1v) is 13.2. The van der Waals surface area contributed by atoms with E-state index in [1.165, 1.54) is 10.4 Å². The third-order valence-electron chi connectivity index (χ3n) is 6.14. The number of amides is 1. The van der Waals surface area contributed by atoms with E-state index in [4.69, 9.17) is 5.10 Å². The topological polar surface area (TPSA) is 39.2 Å². The molecule has 0 saturated carbocycles. The molecule has 2 aliphatic heterocycles. The summed E-state index contributed by atoms with van der Waals surface area (Å²) in [5.74, 6) is 0.0948. The van der Waals surface area contributed by atoms with Crippen molar-refractivity contribution in [3.8, 4) is 0 Å². The predicted octanol–water partition coefficient (Wildman–Crippen LogP) is 4.82. The average molecular weight is 477 g/mol. The molecule has 0 spiro atoms. The second kappa shape index (κ2) is 10.6. The Labute approximate surface area is 203 Å². The van der Waals surface area contributed by atoms with Gasteiger partial charge in [0.05, 0.1) is 23.2 Å². The van der Waals surface area contributed by atoms with Crippen LogP contribution in [0.1, 0.15) is 27.8 Å². The highest BCUT2D eigenvalue weighted by Gasteiger charge is 2.34. The van der Waals surface area contributed by atoms with Gasteiger partial charge in [0, 0.05) is 44.0 Å². The number of thiophene rings is 2. The summed E-state index contributed by atoms with van der Waals surface area (Å²) in [6.07, 6.45) is 5.19. The largest absolute Gasteiger partial charge is 0.297 e. The monoisotopic (exact) mass is 476 g/mol. The summed E-state index contributed by atoms with van der Waals surface area (Å²) < 4.78 is 0. The number of hydrogen-bond acceptors (Lipinski definition) is 6. The van der Waals surface area contributed by atoms with Crippen molar-refractivity contribution in [3.05, 3.63) is 86.8 Å². The van der Waals surface area contributed by atoms with Gasteiger partial charge >= 0.3 is 0 Å². The standard InChI is InChI=1S/C26H28N4OS2/c31-26(20-29-15-13-28(14-16-29)12-4-9-21-7-2-1-3-8-21)30-23(25-11-6-18-33-25)19-22(27-30)24-10-5-17-32-24/h1-11,17-18,23H,12-16,19-20H2/b9-4+. The Morgan fingerprint density at radius 1 is 0.939 bits per heavy atom. The summed E-state index contributed by atoms with van der Waals surface area (Å²) in [4.78, 5) is 20.4. The average Bonchev–Trinajstić information content (AvgIpc) is 3.62. The Bertz CT molecular complexity index is 1080. The van der Waals surface area contributed by atoms with Crippen LogP contribution in [0.15, 0.2) is 76.5 Å². The number of hydrogen-bond donors (Lipinski definition) is 0. The first-order valence-electron chi connectivity index (χ1n) is 11.4. The van der Waals surface area contributed by atoms with Crippen LogP contribution in [-0.2, 0) is 4.79 Å². The van der Waals surface area contributed by atoms with Crippen LogP contribution in [0.25, 0.3) is 6.08 Å². The molecule has 1 aromatic carbocycles. The van der Waals surface area contributed by atoms with Crippen LogP contribution in [0.4, 0.5) is 0 Å². The molecule has 1 fully saturated rings. The molecule has 33 heavy (non-hydrogen) atoms. The van der Waals surface area contributed by atoms with Gasteiger partial charge in [0.2, 0.25) is 0 Å². The lowest BCUT2D eigenvalue weighted by atomic mass is 10.1. The van der Waals surface area contributed by atoms with Gasteiger partial charge in [-0.25, -0.2) is 5.01 Å². The van der Waals surface area contributed by atoms with Crippen LogP contribution in [0.5, 0.6) is 0 Å². The summed E-state index contributed by atoms with van der Waals surface area (Å²) in [6, 6.07) is 18.7. The van der Waals surface area contributed by atoms with Crippen molar-refractivity contribution >= 4 is 40.4 Å². The summed E-state index contributed by atoms with van der Waals surface area (Å²) >= 11 is 3.39. The van der Waals surface area contributed by atoms with Crippen molar-refractivity contribution < 1.29 is 4.79 Å². The van der Waals surface area contributed by atoms with Crippen molar-refractivity contribution in [3.63, 3.8) is 0 Å². The zero-order valence-corrected chi connectivity index (χ0v) is 20.2. The zero-order chi connectivity index (χ0) is 22.5. The molecular weight excluding hydrogens is 448 g/mol. The molecular formula is C26H28N4OS2. The highest BCUT2D eigenvalue weighted by molar-refractivity contribution is 7.12. The molecule has 2 aliphatic rings. The first kappa shape index (κ1) is 22.2. The van der Waals surface area contributed by atoms with E-state index in [1.807, 2.05) is 12.1 Å². The Morgan fingerprint density at radius 3 is 2.42 bits per heavy atom. The molecule has 5 rings (SSSR count). The lowest BCUT2D eigenvalue weighted by Crippen LogP contribution is -2.49. The molecule has 0 N–H and O–H groups in total. The number of hydrazone groups is 1. The van der Waals surface area contributed by atoms with E-state index in [1.54, 1.807) is 27.7 Å². The van der Waals surface area contributed by atoms with Crippen LogP contribution in [0, 0.1) is 0 Å². The number of rotatable bonds is 7. The molecule has 0 radical (unpaired) electrons. The normalized spacial score (nSPS) is 19.9. The minimum absolute atomic E-state index is 0.0130. The van der Waals surface area contributed by atoms with Crippen LogP contribution < -0.4 is 0 Å². The molecule has 0 bridgehead atoms. The molecule has 2 aromatic heterocycles. The second-order valence-corrected chi connectivity index (χ2v) is 10.3. The van der Waals surface area contributed by atoms with Crippen molar-refractivity contribution in [1.29, 1.82) is 0 Å². The number of nitrogens with zero attached hydrogens (tertiary/aromatic N) is 4. The quantitative estimate of drug-likeness (QED) is 0.491. The number of piperazine rings is 1. The second-order valence-electron chi connectivity index (χ2n) is 8.39. The van der Waals surface area contributed by atoms with Crippen molar-refractivity contribution in [2.45, 2.75) is 12.5 Å². The first-order chi connectivity index (χ1) is 16.3. The van der Waals surface area contributed by atoms with Gasteiger partial charge in [0.1, 0.15) is 0 Å². The summed E-state index contributed by atoms with van der Waals surface area (Å²) in [5.41, 5.74) is 2.25. The summed E-state index contributed by atoms with van der Waals surface area (Å²) in [5, 5.41) is 10.7. The smallest absolute Gasteiger partial charge is 0.257 e. The highest BCUT2D eigenvalue weighted by Crippen LogP contribution is 2.36. The fourth-order valence-corrected chi connectivity index (χ4v) is 5.86. The molecule has 170 valence electrons. The van der Waals surface area contributed by atoms with Crippen molar-refractivity contribution in [2.75, 3.05) is 39.3 Å². The maximum absolute atomic E-state index is 13.3. The van der Waals surface area contributed by atoms with Gasteiger partial charge < -0.3 is 0 Å². The van der Waals surface area contributed by atoms with Gasteiger partial charge in [0.15, 0.2) is 0 Å². The number of carbonyl (C=O) groups excluding carboxylic acids is 1. The fraction of sp³-hybridized carbons (Fsp3) is 0.308. The van der Waals surface area contributed by atoms with E-state index in [0.717, 1.165) is 49.7 Å². The maximum Gasteiger partial charge on any atom is 0.257 e. The highest BCUT2D eigenvalue weighted by atomic mass is 32.1. The van der Waals surface area contributed by atoms with Crippen LogP contribution >= 0.6 is 22.7 Å². The van der Waals surface area contributed by atoms with Gasteiger partial charge in [-0.05, 0) is 28.5 Å². The van der Waals surface area contributed by atoms with E-state index in [-0.39, 0.29) is 11.9 Å². The molecule has 5 nitrogen and oxygen atoms in total. The third-order valence-corrected chi connectivity index (χ3v) is 8.03. The molecule has 1 amide bonds. The predicted molar refractivity (Wildman–Crippen MR) is 138 cm³/mol. The van der Waals surface area contributed by atoms with E-state index >= 15 is 0 Å². The van der Waals surface area contributed by atoms with Gasteiger partial charge in [-0.15, -0.1) is 22.7 Å². The van der Waals surface area contributed by atoms with E-state index in [2.05, 4.69) is 75.2 Å². The summed E-state index contributed by atoms with van der Waals surface area (Å²) in [6.45, 7) is 5.14. The molecule has 1 saturated heterocycles. The van der Waals surface area contributed by atoms with E-state index < -0.39 is 0 Å². The maximum atomic E-state index is 13.3. The molecule has 0 aliphatic carbocycles. The molecule has 1 atom stereocenters. The van der Waals surface area contributed by atoms with Gasteiger partial charge in [0.25, 0.3) is 5.91 Å². The van der Waals surface area contributed by atoms with Crippen LogP contribution in [0.3, 0.4) is 0 Å². The number of carbonyl (C=O) groups is 1. The zero-order valence-electron chi connectivity index (χ0n) is 18.5.